The van der Waals surface area contributed by atoms with Crippen molar-refractivity contribution >= 4 is 34.1 Å². The van der Waals surface area contributed by atoms with Gasteiger partial charge in [-0.05, 0) is 55.2 Å². The van der Waals surface area contributed by atoms with E-state index in [1.165, 1.54) is 11.3 Å². The molecule has 4 rings (SSSR count). The molecule has 0 radical (unpaired) electrons. The molecule has 0 saturated heterocycles. The van der Waals surface area contributed by atoms with Gasteiger partial charge >= 0.3 is 0 Å². The van der Waals surface area contributed by atoms with Crippen LogP contribution in [0.15, 0.2) is 48.5 Å². The van der Waals surface area contributed by atoms with Crippen LogP contribution in [0.1, 0.15) is 17.7 Å². The summed E-state index contributed by atoms with van der Waals surface area (Å²) in [5.74, 6) is 0.0962. The standard InChI is InChI=1S/C19H17ClN2O/c20-13-7-9-18-16(11-13)15-10-12(6-8-17(15)22-18)19(23)21-14-4-2-1-3-5-14/h1-5,7,9,11-12,22H,6,8,10H2,(H,21,23). The van der Waals surface area contributed by atoms with Crippen LogP contribution >= 0.6 is 11.6 Å². The van der Waals surface area contributed by atoms with E-state index in [0.29, 0.717) is 0 Å². The van der Waals surface area contributed by atoms with Gasteiger partial charge in [0.15, 0.2) is 0 Å². The van der Waals surface area contributed by atoms with Gasteiger partial charge in [0.2, 0.25) is 5.91 Å². The van der Waals surface area contributed by atoms with E-state index in [1.807, 2.05) is 48.5 Å². The molecule has 1 aliphatic carbocycles. The maximum absolute atomic E-state index is 12.6. The van der Waals surface area contributed by atoms with Crippen molar-refractivity contribution in [2.75, 3.05) is 5.32 Å². The molecule has 2 aromatic carbocycles. The molecule has 116 valence electrons. The molecule has 2 N–H and O–H groups in total. The number of anilines is 1. The van der Waals surface area contributed by atoms with Crippen LogP contribution in [0.2, 0.25) is 5.02 Å². The maximum atomic E-state index is 12.6. The Bertz CT molecular complexity index is 870. The van der Waals surface area contributed by atoms with Crippen molar-refractivity contribution in [3.63, 3.8) is 0 Å². The molecule has 1 aromatic heterocycles. The molecule has 1 unspecified atom stereocenters. The number of benzene rings is 2. The van der Waals surface area contributed by atoms with E-state index in [0.717, 1.165) is 40.9 Å². The van der Waals surface area contributed by atoms with Gasteiger partial charge in [-0.25, -0.2) is 0 Å². The van der Waals surface area contributed by atoms with Gasteiger partial charge in [-0.3, -0.25) is 4.79 Å². The Labute approximate surface area is 139 Å². The number of aromatic amines is 1. The maximum Gasteiger partial charge on any atom is 0.227 e. The molecule has 0 spiro atoms. The summed E-state index contributed by atoms with van der Waals surface area (Å²) >= 11 is 6.13. The van der Waals surface area contributed by atoms with E-state index < -0.39 is 0 Å². The molecule has 3 nitrogen and oxygen atoms in total. The highest BCUT2D eigenvalue weighted by molar-refractivity contribution is 6.31. The van der Waals surface area contributed by atoms with Crippen molar-refractivity contribution in [2.24, 2.45) is 5.92 Å². The fraction of sp³-hybridized carbons (Fsp3) is 0.211. The lowest BCUT2D eigenvalue weighted by atomic mass is 9.86. The second-order valence-corrected chi connectivity index (χ2v) is 6.50. The number of aromatic nitrogens is 1. The number of H-pyrrole nitrogens is 1. The lowest BCUT2D eigenvalue weighted by molar-refractivity contribution is -0.120. The first kappa shape index (κ1) is 14.3. The third-order valence-corrected chi connectivity index (χ3v) is 4.80. The van der Waals surface area contributed by atoms with Gasteiger partial charge in [-0.2, -0.15) is 0 Å². The zero-order chi connectivity index (χ0) is 15.8. The van der Waals surface area contributed by atoms with Crippen LogP contribution in [0, 0.1) is 5.92 Å². The molecule has 1 heterocycles. The zero-order valence-corrected chi connectivity index (χ0v) is 13.4. The average Bonchev–Trinajstić information content (AvgIpc) is 2.93. The van der Waals surface area contributed by atoms with Crippen LogP contribution < -0.4 is 5.32 Å². The highest BCUT2D eigenvalue weighted by Crippen LogP contribution is 2.33. The third-order valence-electron chi connectivity index (χ3n) is 4.56. The smallest absolute Gasteiger partial charge is 0.227 e. The molecule has 0 fully saturated rings. The number of hydrogen-bond donors (Lipinski definition) is 2. The molecule has 4 heteroatoms. The lowest BCUT2D eigenvalue weighted by Gasteiger charge is -2.22. The largest absolute Gasteiger partial charge is 0.358 e. The summed E-state index contributed by atoms with van der Waals surface area (Å²) < 4.78 is 0. The minimum Gasteiger partial charge on any atom is -0.358 e. The summed E-state index contributed by atoms with van der Waals surface area (Å²) in [6.07, 6.45) is 2.52. The van der Waals surface area contributed by atoms with Crippen LogP contribution in [0.4, 0.5) is 5.69 Å². The topological polar surface area (TPSA) is 44.9 Å². The van der Waals surface area contributed by atoms with Crippen molar-refractivity contribution in [1.82, 2.24) is 4.98 Å². The van der Waals surface area contributed by atoms with Gasteiger partial charge < -0.3 is 10.3 Å². The first-order chi connectivity index (χ1) is 11.2. The summed E-state index contributed by atoms with van der Waals surface area (Å²) in [4.78, 5) is 16.0. The fourth-order valence-corrected chi connectivity index (χ4v) is 3.55. The van der Waals surface area contributed by atoms with Gasteiger partial charge in [0.05, 0.1) is 0 Å². The number of nitrogens with one attached hydrogen (secondary N) is 2. The molecular formula is C19H17ClN2O. The fourth-order valence-electron chi connectivity index (χ4n) is 3.38. The highest BCUT2D eigenvalue weighted by Gasteiger charge is 2.27. The van der Waals surface area contributed by atoms with E-state index in [-0.39, 0.29) is 11.8 Å². The van der Waals surface area contributed by atoms with Gasteiger partial charge in [0.1, 0.15) is 0 Å². The normalized spacial score (nSPS) is 17.0. The Morgan fingerprint density at radius 2 is 2.00 bits per heavy atom. The number of hydrogen-bond acceptors (Lipinski definition) is 1. The Hall–Kier alpha value is -2.26. The van der Waals surface area contributed by atoms with Crippen LogP contribution in [-0.2, 0) is 17.6 Å². The molecule has 1 aliphatic rings. The quantitative estimate of drug-likeness (QED) is 0.713. The highest BCUT2D eigenvalue weighted by atomic mass is 35.5. The number of rotatable bonds is 2. The van der Waals surface area contributed by atoms with E-state index in [4.69, 9.17) is 11.6 Å². The van der Waals surface area contributed by atoms with Gasteiger partial charge in [0.25, 0.3) is 0 Å². The SMILES string of the molecule is O=C(Nc1ccccc1)C1CCc2[nH]c3ccc(Cl)cc3c2C1. The number of carbonyl (C=O) groups is 1. The molecule has 1 atom stereocenters. The molecule has 3 aromatic rings. The lowest BCUT2D eigenvalue weighted by Crippen LogP contribution is -2.28. The van der Waals surface area contributed by atoms with Crippen LogP contribution in [0.3, 0.4) is 0 Å². The van der Waals surface area contributed by atoms with Gasteiger partial charge in [-0.15, -0.1) is 0 Å². The molecule has 0 aliphatic heterocycles. The van der Waals surface area contributed by atoms with Crippen LogP contribution in [0.25, 0.3) is 10.9 Å². The monoisotopic (exact) mass is 324 g/mol. The third kappa shape index (κ3) is 2.73. The van der Waals surface area contributed by atoms with E-state index in [2.05, 4.69) is 10.3 Å². The summed E-state index contributed by atoms with van der Waals surface area (Å²) in [5.41, 5.74) is 4.43. The van der Waals surface area contributed by atoms with E-state index >= 15 is 0 Å². The number of fused-ring (bicyclic) bond motifs is 3. The summed E-state index contributed by atoms with van der Waals surface area (Å²) in [7, 11) is 0. The Kier molecular flexibility index (Phi) is 3.58. The van der Waals surface area contributed by atoms with Crippen molar-refractivity contribution < 1.29 is 4.79 Å². The number of para-hydroxylation sites is 1. The predicted octanol–water partition coefficient (Wildman–Crippen LogP) is 4.56. The number of carbonyl (C=O) groups excluding carboxylic acids is 1. The minimum absolute atomic E-state index is 0.000637. The molecule has 0 saturated carbocycles. The molecule has 23 heavy (non-hydrogen) atoms. The first-order valence-corrected chi connectivity index (χ1v) is 8.23. The number of amides is 1. The van der Waals surface area contributed by atoms with Crippen molar-refractivity contribution in [3.05, 3.63) is 64.8 Å². The molecule has 0 bridgehead atoms. The van der Waals surface area contributed by atoms with E-state index in [1.54, 1.807) is 0 Å². The zero-order valence-electron chi connectivity index (χ0n) is 12.6. The van der Waals surface area contributed by atoms with Crippen LogP contribution in [-0.4, -0.2) is 10.9 Å². The predicted molar refractivity (Wildman–Crippen MR) is 93.9 cm³/mol. The number of halogens is 1. The summed E-state index contributed by atoms with van der Waals surface area (Å²) in [6, 6.07) is 15.5. The second kappa shape index (κ2) is 5.74. The van der Waals surface area contributed by atoms with E-state index in [9.17, 15) is 4.79 Å². The van der Waals surface area contributed by atoms with Crippen LogP contribution in [0.5, 0.6) is 0 Å². The summed E-state index contributed by atoms with van der Waals surface area (Å²) in [6.45, 7) is 0. The summed E-state index contributed by atoms with van der Waals surface area (Å²) in [5, 5.41) is 4.89. The Morgan fingerprint density at radius 3 is 2.83 bits per heavy atom. The Balaban J connectivity index is 1.59. The number of aryl methyl sites for hydroxylation is 1. The average molecular weight is 325 g/mol. The van der Waals surface area contributed by atoms with Crippen molar-refractivity contribution in [1.29, 1.82) is 0 Å². The first-order valence-electron chi connectivity index (χ1n) is 7.85. The molecule has 1 amide bonds. The Morgan fingerprint density at radius 1 is 1.17 bits per heavy atom. The van der Waals surface area contributed by atoms with Crippen molar-refractivity contribution in [3.8, 4) is 0 Å². The van der Waals surface area contributed by atoms with Gasteiger partial charge in [-0.1, -0.05) is 29.8 Å². The van der Waals surface area contributed by atoms with Crippen molar-refractivity contribution in [2.45, 2.75) is 19.3 Å². The minimum atomic E-state index is 0.000637. The second-order valence-electron chi connectivity index (χ2n) is 6.07. The van der Waals surface area contributed by atoms with Gasteiger partial charge in [0, 0.05) is 33.2 Å². The molecular weight excluding hydrogens is 308 g/mol.